The van der Waals surface area contributed by atoms with E-state index >= 15 is 0 Å². The van der Waals surface area contributed by atoms with Crippen LogP contribution in [0.5, 0.6) is 0 Å². The maximum atomic E-state index is 12.0. The van der Waals surface area contributed by atoms with Gasteiger partial charge >= 0.3 is 0 Å². The van der Waals surface area contributed by atoms with Crippen LogP contribution < -0.4 is 10.0 Å². The van der Waals surface area contributed by atoms with Crippen molar-refractivity contribution in [1.82, 2.24) is 14.7 Å². The van der Waals surface area contributed by atoms with Gasteiger partial charge in [-0.1, -0.05) is 0 Å². The van der Waals surface area contributed by atoms with Crippen molar-refractivity contribution in [2.75, 3.05) is 32.1 Å². The summed E-state index contributed by atoms with van der Waals surface area (Å²) in [4.78, 5) is 7.97. The molecule has 0 atom stereocenters. The summed E-state index contributed by atoms with van der Waals surface area (Å²) in [6.45, 7) is 3.71. The summed E-state index contributed by atoms with van der Waals surface area (Å²) in [5.74, 6) is 0.422. The Hall–Kier alpha value is -1.25. The van der Waals surface area contributed by atoms with Crippen molar-refractivity contribution in [3.05, 3.63) is 12.4 Å². The van der Waals surface area contributed by atoms with Crippen LogP contribution in [-0.2, 0) is 14.8 Å². The largest absolute Gasteiger partial charge is 0.385 e. The van der Waals surface area contributed by atoms with Gasteiger partial charge in [-0.05, 0) is 26.2 Å². The van der Waals surface area contributed by atoms with Crippen molar-refractivity contribution in [1.29, 1.82) is 0 Å². The fourth-order valence-corrected chi connectivity index (χ4v) is 2.51. The molecule has 8 heteroatoms. The monoisotopic (exact) mass is 302 g/mol. The van der Waals surface area contributed by atoms with Crippen LogP contribution in [0, 0.1) is 0 Å². The minimum atomic E-state index is -3.52. The minimum Gasteiger partial charge on any atom is -0.385 e. The standard InChI is InChI=1S/C12H22N4O3S/c1-3-13-12-14-9-11(10-15-12)20(17,18)16-7-5-4-6-8-19-2/h9-10,16H,3-8H2,1-2H3,(H,13,14,15). The first-order valence-corrected chi connectivity index (χ1v) is 8.13. The molecule has 114 valence electrons. The van der Waals surface area contributed by atoms with Gasteiger partial charge in [-0.3, -0.25) is 0 Å². The molecule has 1 rings (SSSR count). The van der Waals surface area contributed by atoms with Crippen molar-refractivity contribution >= 4 is 16.0 Å². The zero-order valence-electron chi connectivity index (χ0n) is 11.9. The lowest BCUT2D eigenvalue weighted by atomic mass is 10.2. The Morgan fingerprint density at radius 1 is 1.20 bits per heavy atom. The van der Waals surface area contributed by atoms with Gasteiger partial charge in [0, 0.05) is 26.8 Å². The van der Waals surface area contributed by atoms with Crippen LogP contribution in [0.2, 0.25) is 0 Å². The van der Waals surface area contributed by atoms with E-state index in [0.29, 0.717) is 25.6 Å². The summed E-state index contributed by atoms with van der Waals surface area (Å²) in [6, 6.07) is 0. The van der Waals surface area contributed by atoms with Gasteiger partial charge in [0.1, 0.15) is 4.90 Å². The highest BCUT2D eigenvalue weighted by molar-refractivity contribution is 7.89. The van der Waals surface area contributed by atoms with Crippen LogP contribution in [0.4, 0.5) is 5.95 Å². The van der Waals surface area contributed by atoms with Gasteiger partial charge in [0.2, 0.25) is 16.0 Å². The Morgan fingerprint density at radius 2 is 1.90 bits per heavy atom. The Morgan fingerprint density at radius 3 is 2.50 bits per heavy atom. The average Bonchev–Trinajstić information content (AvgIpc) is 2.44. The van der Waals surface area contributed by atoms with E-state index in [4.69, 9.17) is 4.74 Å². The second-order valence-corrected chi connectivity index (χ2v) is 5.99. The number of aromatic nitrogens is 2. The van der Waals surface area contributed by atoms with Crippen LogP contribution in [0.15, 0.2) is 17.3 Å². The number of hydrogen-bond acceptors (Lipinski definition) is 6. The number of sulfonamides is 1. The lowest BCUT2D eigenvalue weighted by Gasteiger charge is -2.07. The van der Waals surface area contributed by atoms with Crippen molar-refractivity contribution in [3.63, 3.8) is 0 Å². The van der Waals surface area contributed by atoms with Crippen LogP contribution >= 0.6 is 0 Å². The first-order valence-electron chi connectivity index (χ1n) is 6.64. The van der Waals surface area contributed by atoms with Gasteiger partial charge < -0.3 is 10.1 Å². The number of nitrogens with zero attached hydrogens (tertiary/aromatic N) is 2. The van der Waals surface area contributed by atoms with Crippen molar-refractivity contribution in [3.8, 4) is 0 Å². The molecule has 0 aliphatic carbocycles. The fourth-order valence-electron chi connectivity index (χ4n) is 1.54. The van der Waals surface area contributed by atoms with Gasteiger partial charge in [-0.25, -0.2) is 23.1 Å². The number of unbranched alkanes of at least 4 members (excludes halogenated alkanes) is 2. The summed E-state index contributed by atoms with van der Waals surface area (Å²) in [5.41, 5.74) is 0. The van der Waals surface area contributed by atoms with Crippen LogP contribution in [0.25, 0.3) is 0 Å². The zero-order valence-corrected chi connectivity index (χ0v) is 12.7. The first kappa shape index (κ1) is 16.8. The first-order chi connectivity index (χ1) is 9.60. The molecule has 0 aliphatic rings. The topological polar surface area (TPSA) is 93.2 Å². The smallest absolute Gasteiger partial charge is 0.243 e. The van der Waals surface area contributed by atoms with Gasteiger partial charge in [0.05, 0.1) is 12.4 Å². The molecule has 1 aromatic heterocycles. The number of hydrogen-bond donors (Lipinski definition) is 2. The van der Waals surface area contributed by atoms with Gasteiger partial charge in [0.25, 0.3) is 0 Å². The molecular formula is C12H22N4O3S. The van der Waals surface area contributed by atoms with Crippen molar-refractivity contribution < 1.29 is 13.2 Å². The molecule has 0 saturated carbocycles. The normalized spacial score (nSPS) is 11.5. The highest BCUT2D eigenvalue weighted by atomic mass is 32.2. The van der Waals surface area contributed by atoms with E-state index < -0.39 is 10.0 Å². The SMILES string of the molecule is CCNc1ncc(S(=O)(=O)NCCCCCOC)cn1. The molecule has 7 nitrogen and oxygen atoms in total. The summed E-state index contributed by atoms with van der Waals surface area (Å²) in [6.07, 6.45) is 5.24. The lowest BCUT2D eigenvalue weighted by Crippen LogP contribution is -2.25. The molecule has 0 unspecified atom stereocenters. The molecule has 0 spiro atoms. The maximum Gasteiger partial charge on any atom is 0.243 e. The summed E-state index contributed by atoms with van der Waals surface area (Å²) >= 11 is 0. The van der Waals surface area contributed by atoms with Crippen LogP contribution in [0.1, 0.15) is 26.2 Å². The van der Waals surface area contributed by atoms with Gasteiger partial charge in [-0.15, -0.1) is 0 Å². The molecule has 0 amide bonds. The molecule has 20 heavy (non-hydrogen) atoms. The molecule has 0 saturated heterocycles. The average molecular weight is 302 g/mol. The van der Waals surface area contributed by atoms with Gasteiger partial charge in [-0.2, -0.15) is 0 Å². The van der Waals surface area contributed by atoms with Crippen molar-refractivity contribution in [2.24, 2.45) is 0 Å². The van der Waals surface area contributed by atoms with E-state index in [-0.39, 0.29) is 4.90 Å². The Balaban J connectivity index is 2.43. The number of methoxy groups -OCH3 is 1. The van der Waals surface area contributed by atoms with E-state index in [9.17, 15) is 8.42 Å². The maximum absolute atomic E-state index is 12.0. The number of anilines is 1. The quantitative estimate of drug-likeness (QED) is 0.626. The summed E-state index contributed by atoms with van der Waals surface area (Å²) in [7, 11) is -1.87. The third kappa shape index (κ3) is 5.81. The number of nitrogens with one attached hydrogen (secondary N) is 2. The van der Waals surface area contributed by atoms with E-state index in [1.165, 1.54) is 12.4 Å². The fraction of sp³-hybridized carbons (Fsp3) is 0.667. The predicted molar refractivity (Wildman–Crippen MR) is 77.1 cm³/mol. The van der Waals surface area contributed by atoms with E-state index in [1.54, 1.807) is 7.11 Å². The molecule has 0 radical (unpaired) electrons. The highest BCUT2D eigenvalue weighted by Gasteiger charge is 2.14. The van der Waals surface area contributed by atoms with Crippen LogP contribution in [-0.4, -0.2) is 45.2 Å². The molecule has 0 fully saturated rings. The third-order valence-electron chi connectivity index (χ3n) is 2.59. The molecule has 0 aliphatic heterocycles. The highest BCUT2D eigenvalue weighted by Crippen LogP contribution is 2.07. The minimum absolute atomic E-state index is 0.0797. The van der Waals surface area contributed by atoms with Crippen LogP contribution in [0.3, 0.4) is 0 Å². The molecule has 1 heterocycles. The van der Waals surface area contributed by atoms with E-state index in [2.05, 4.69) is 20.0 Å². The summed E-state index contributed by atoms with van der Waals surface area (Å²) < 4.78 is 31.4. The second kappa shape index (κ2) is 8.83. The molecule has 2 N–H and O–H groups in total. The van der Waals surface area contributed by atoms with E-state index in [0.717, 1.165) is 19.3 Å². The molecular weight excluding hydrogens is 280 g/mol. The van der Waals surface area contributed by atoms with E-state index in [1.807, 2.05) is 6.92 Å². The lowest BCUT2D eigenvalue weighted by molar-refractivity contribution is 0.192. The number of ether oxygens (including phenoxy) is 1. The second-order valence-electron chi connectivity index (χ2n) is 4.22. The van der Waals surface area contributed by atoms with Gasteiger partial charge in [0.15, 0.2) is 0 Å². The molecule has 1 aromatic rings. The number of rotatable bonds is 10. The molecule has 0 bridgehead atoms. The third-order valence-corrected chi connectivity index (χ3v) is 4.01. The Bertz CT molecular complexity index is 476. The Labute approximate surface area is 120 Å². The van der Waals surface area contributed by atoms with Crippen molar-refractivity contribution in [2.45, 2.75) is 31.1 Å². The predicted octanol–water partition coefficient (Wildman–Crippen LogP) is 1.00. The summed E-state index contributed by atoms with van der Waals surface area (Å²) in [5, 5.41) is 2.91. The Kier molecular flexibility index (Phi) is 7.42. The molecule has 0 aromatic carbocycles. The zero-order chi connectivity index (χ0) is 14.8.